The number of hydrogen-bond donors (Lipinski definition) is 1. The molecule has 0 saturated carbocycles. The van der Waals surface area contributed by atoms with Crippen molar-refractivity contribution in [2.45, 2.75) is 13.3 Å². The zero-order valence-electron chi connectivity index (χ0n) is 8.02. The number of halogens is 1. The van der Waals surface area contributed by atoms with Crippen molar-refractivity contribution >= 4 is 11.6 Å². The Morgan fingerprint density at radius 3 is 2.85 bits per heavy atom. The average Bonchev–Trinajstić information content (AvgIpc) is 2.13. The van der Waals surface area contributed by atoms with Crippen LogP contribution in [-0.2, 0) is 6.42 Å². The van der Waals surface area contributed by atoms with Gasteiger partial charge in [0.2, 0.25) is 0 Å². The zero-order chi connectivity index (χ0) is 9.52. The number of nitrogens with one attached hydrogen (secondary N) is 1. The van der Waals surface area contributed by atoms with Gasteiger partial charge in [-0.05, 0) is 25.5 Å². The highest BCUT2D eigenvalue weighted by molar-refractivity contribution is 6.18. The van der Waals surface area contributed by atoms with E-state index in [0.29, 0.717) is 5.88 Å². The van der Waals surface area contributed by atoms with Crippen LogP contribution in [0.3, 0.4) is 0 Å². The molecule has 0 amide bonds. The smallest absolute Gasteiger partial charge is 0.0348 e. The lowest BCUT2D eigenvalue weighted by molar-refractivity contribution is 0.719. The number of hydrogen-bond acceptors (Lipinski definition) is 1. The monoisotopic (exact) mass is 197 g/mol. The normalized spacial score (nSPS) is 10.3. The molecule has 0 fully saturated rings. The molecule has 1 nitrogen and oxygen atoms in total. The van der Waals surface area contributed by atoms with Crippen molar-refractivity contribution in [3.05, 3.63) is 35.4 Å². The summed E-state index contributed by atoms with van der Waals surface area (Å²) in [5.41, 5.74) is 2.72. The van der Waals surface area contributed by atoms with Gasteiger partial charge in [0.25, 0.3) is 0 Å². The standard InChI is InChI=1S/C11H16ClN/c1-10-3-2-4-11(9-10)5-7-13-8-6-12/h2-4,9,13H,5-8H2,1H3. The predicted molar refractivity (Wildman–Crippen MR) is 58.5 cm³/mol. The molecule has 0 aliphatic rings. The molecule has 0 aliphatic heterocycles. The van der Waals surface area contributed by atoms with Gasteiger partial charge in [-0.25, -0.2) is 0 Å². The van der Waals surface area contributed by atoms with Crippen LogP contribution in [0.4, 0.5) is 0 Å². The fourth-order valence-corrected chi connectivity index (χ4v) is 1.43. The van der Waals surface area contributed by atoms with Gasteiger partial charge < -0.3 is 5.32 Å². The molecule has 1 N–H and O–H groups in total. The summed E-state index contributed by atoms with van der Waals surface area (Å²) in [6.07, 6.45) is 1.08. The minimum Gasteiger partial charge on any atom is -0.315 e. The maximum absolute atomic E-state index is 5.55. The van der Waals surface area contributed by atoms with Crippen LogP contribution < -0.4 is 5.32 Å². The van der Waals surface area contributed by atoms with Crippen LogP contribution in [-0.4, -0.2) is 19.0 Å². The van der Waals surface area contributed by atoms with E-state index in [4.69, 9.17) is 11.6 Å². The minimum atomic E-state index is 0.688. The third-order valence-electron chi connectivity index (χ3n) is 1.94. The molecule has 1 aromatic rings. The van der Waals surface area contributed by atoms with Gasteiger partial charge in [0, 0.05) is 12.4 Å². The molecule has 2 heteroatoms. The van der Waals surface area contributed by atoms with Gasteiger partial charge in [-0.2, -0.15) is 0 Å². The lowest BCUT2D eigenvalue weighted by atomic mass is 10.1. The molecule has 0 saturated heterocycles. The summed E-state index contributed by atoms with van der Waals surface area (Å²) in [4.78, 5) is 0. The van der Waals surface area contributed by atoms with E-state index in [0.717, 1.165) is 19.5 Å². The summed E-state index contributed by atoms with van der Waals surface area (Å²) < 4.78 is 0. The van der Waals surface area contributed by atoms with Crippen molar-refractivity contribution in [3.63, 3.8) is 0 Å². The number of alkyl halides is 1. The average molecular weight is 198 g/mol. The fourth-order valence-electron chi connectivity index (χ4n) is 1.29. The lowest BCUT2D eigenvalue weighted by Crippen LogP contribution is -2.19. The van der Waals surface area contributed by atoms with Crippen molar-refractivity contribution < 1.29 is 0 Å². The van der Waals surface area contributed by atoms with Crippen molar-refractivity contribution in [1.82, 2.24) is 5.32 Å². The molecule has 13 heavy (non-hydrogen) atoms. The van der Waals surface area contributed by atoms with Gasteiger partial charge in [-0.15, -0.1) is 11.6 Å². The second-order valence-electron chi connectivity index (χ2n) is 3.18. The molecule has 1 rings (SSSR count). The van der Waals surface area contributed by atoms with Crippen molar-refractivity contribution in [1.29, 1.82) is 0 Å². The van der Waals surface area contributed by atoms with Crippen molar-refractivity contribution in [2.75, 3.05) is 19.0 Å². The molecule has 72 valence electrons. The van der Waals surface area contributed by atoms with Crippen LogP contribution in [0.2, 0.25) is 0 Å². The van der Waals surface area contributed by atoms with Gasteiger partial charge >= 0.3 is 0 Å². The van der Waals surface area contributed by atoms with E-state index >= 15 is 0 Å². The summed E-state index contributed by atoms with van der Waals surface area (Å²) in [5.74, 6) is 0.688. The van der Waals surface area contributed by atoms with Crippen LogP contribution in [0, 0.1) is 6.92 Å². The van der Waals surface area contributed by atoms with Gasteiger partial charge in [-0.1, -0.05) is 29.8 Å². The molecule has 0 unspecified atom stereocenters. The van der Waals surface area contributed by atoms with Crippen molar-refractivity contribution in [3.8, 4) is 0 Å². The Bertz CT molecular complexity index is 248. The molecule has 0 radical (unpaired) electrons. The third kappa shape index (κ3) is 4.30. The highest BCUT2D eigenvalue weighted by Gasteiger charge is 1.92. The highest BCUT2D eigenvalue weighted by Crippen LogP contribution is 2.03. The van der Waals surface area contributed by atoms with Gasteiger partial charge in [0.15, 0.2) is 0 Å². The van der Waals surface area contributed by atoms with E-state index in [1.165, 1.54) is 11.1 Å². The molecular weight excluding hydrogens is 182 g/mol. The number of benzene rings is 1. The Kier molecular flexibility index (Phi) is 4.87. The first kappa shape index (κ1) is 10.6. The fraction of sp³-hybridized carbons (Fsp3) is 0.455. The van der Waals surface area contributed by atoms with Crippen LogP contribution in [0.25, 0.3) is 0 Å². The molecule has 0 spiro atoms. The van der Waals surface area contributed by atoms with E-state index in [2.05, 4.69) is 36.5 Å². The summed E-state index contributed by atoms with van der Waals surface area (Å²) in [5, 5.41) is 3.27. The summed E-state index contributed by atoms with van der Waals surface area (Å²) in [6.45, 7) is 4.03. The molecule has 0 aliphatic carbocycles. The second kappa shape index (κ2) is 6.01. The molecule has 0 heterocycles. The molecule has 0 atom stereocenters. The third-order valence-corrected chi connectivity index (χ3v) is 2.13. The first-order valence-electron chi connectivity index (χ1n) is 4.65. The second-order valence-corrected chi connectivity index (χ2v) is 3.56. The summed E-state index contributed by atoms with van der Waals surface area (Å²) >= 11 is 5.55. The maximum atomic E-state index is 5.55. The predicted octanol–water partition coefficient (Wildman–Crippen LogP) is 2.37. The quantitative estimate of drug-likeness (QED) is 0.565. The topological polar surface area (TPSA) is 12.0 Å². The van der Waals surface area contributed by atoms with Gasteiger partial charge in [0.1, 0.15) is 0 Å². The van der Waals surface area contributed by atoms with E-state index in [9.17, 15) is 0 Å². The maximum Gasteiger partial charge on any atom is 0.0348 e. The Labute approximate surface area is 85.1 Å². The molecule has 1 aromatic carbocycles. The molecular formula is C11H16ClN. The SMILES string of the molecule is Cc1cccc(CCNCCCl)c1. The van der Waals surface area contributed by atoms with E-state index in [-0.39, 0.29) is 0 Å². The van der Waals surface area contributed by atoms with Gasteiger partial charge in [0.05, 0.1) is 0 Å². The minimum absolute atomic E-state index is 0.688. The molecule has 0 bridgehead atoms. The van der Waals surface area contributed by atoms with E-state index in [1.807, 2.05) is 0 Å². The first-order chi connectivity index (χ1) is 6.33. The summed E-state index contributed by atoms with van der Waals surface area (Å²) in [6, 6.07) is 8.61. The Hall–Kier alpha value is -0.530. The first-order valence-corrected chi connectivity index (χ1v) is 5.18. The summed E-state index contributed by atoms with van der Waals surface area (Å²) in [7, 11) is 0. The number of aryl methyl sites for hydroxylation is 1. The zero-order valence-corrected chi connectivity index (χ0v) is 8.77. The Morgan fingerprint density at radius 1 is 1.31 bits per heavy atom. The lowest BCUT2D eigenvalue weighted by Gasteiger charge is -2.03. The Balaban J connectivity index is 2.28. The van der Waals surface area contributed by atoms with E-state index < -0.39 is 0 Å². The van der Waals surface area contributed by atoms with Gasteiger partial charge in [-0.3, -0.25) is 0 Å². The van der Waals surface area contributed by atoms with Crippen LogP contribution in [0.1, 0.15) is 11.1 Å². The van der Waals surface area contributed by atoms with E-state index in [1.54, 1.807) is 0 Å². The number of rotatable bonds is 5. The molecule has 0 aromatic heterocycles. The van der Waals surface area contributed by atoms with Crippen LogP contribution >= 0.6 is 11.6 Å². The highest BCUT2D eigenvalue weighted by atomic mass is 35.5. The van der Waals surface area contributed by atoms with Crippen molar-refractivity contribution in [2.24, 2.45) is 0 Å². The van der Waals surface area contributed by atoms with Crippen LogP contribution in [0.5, 0.6) is 0 Å². The largest absolute Gasteiger partial charge is 0.315 e. The Morgan fingerprint density at radius 2 is 2.15 bits per heavy atom. The van der Waals surface area contributed by atoms with Crippen LogP contribution in [0.15, 0.2) is 24.3 Å².